The topological polar surface area (TPSA) is 17.1 Å². The van der Waals surface area contributed by atoms with Crippen LogP contribution in [0.5, 0.6) is 0 Å². The van der Waals surface area contributed by atoms with Crippen LogP contribution in [0.25, 0.3) is 0 Å². The number of unbranched alkanes of at least 4 members (excludes halogenated alkanes) is 1. The summed E-state index contributed by atoms with van der Waals surface area (Å²) in [6, 6.07) is 8.25. The Hall–Kier alpha value is -1.08. The van der Waals surface area contributed by atoms with Crippen molar-refractivity contribution in [1.82, 2.24) is 0 Å². The number of halogens is 1. The molecule has 1 aromatic rings. The third-order valence-electron chi connectivity index (χ3n) is 5.20. The number of carbonyl (C=O) groups excluding carboxylic acids is 1. The molecule has 0 aliphatic carbocycles. The van der Waals surface area contributed by atoms with Gasteiger partial charge in [-0.2, -0.15) is 0 Å². The first-order valence-electron chi connectivity index (χ1n) is 9.35. The molecule has 0 saturated carbocycles. The molecule has 0 aromatic heterocycles. The second-order valence-corrected chi connectivity index (χ2v) is 7.66. The third-order valence-corrected chi connectivity index (χ3v) is 5.45. The molecule has 0 radical (unpaired) electrons. The van der Waals surface area contributed by atoms with Gasteiger partial charge >= 0.3 is 0 Å². The van der Waals surface area contributed by atoms with Crippen molar-refractivity contribution >= 4 is 17.9 Å². The lowest BCUT2D eigenvalue weighted by atomic mass is 9.72. The average Bonchev–Trinajstić information content (AvgIpc) is 2.58. The summed E-state index contributed by atoms with van der Waals surface area (Å²) in [5.74, 6) is 0. The van der Waals surface area contributed by atoms with E-state index < -0.39 is 0 Å². The quantitative estimate of drug-likeness (QED) is 0.307. The zero-order valence-corrected chi connectivity index (χ0v) is 16.5. The van der Waals surface area contributed by atoms with Gasteiger partial charge in [0.05, 0.1) is 0 Å². The fourth-order valence-corrected chi connectivity index (χ4v) is 3.56. The van der Waals surface area contributed by atoms with Gasteiger partial charge in [0, 0.05) is 16.9 Å². The Kier molecular flexibility index (Phi) is 8.76. The molecule has 1 nitrogen and oxygen atoms in total. The molecule has 0 heterocycles. The predicted octanol–water partition coefficient (Wildman–Crippen LogP) is 7.13. The molecule has 0 bridgehead atoms. The van der Waals surface area contributed by atoms with Crippen LogP contribution >= 0.6 is 11.6 Å². The SMILES string of the molecule is CCCC[C@@](C)(/C=C/[C@](CC)(CCC)c1ccc(Cl)cc1)CC=O. The van der Waals surface area contributed by atoms with Crippen molar-refractivity contribution in [2.24, 2.45) is 5.41 Å². The number of hydrogen-bond acceptors (Lipinski definition) is 1. The van der Waals surface area contributed by atoms with Crippen molar-refractivity contribution in [3.63, 3.8) is 0 Å². The summed E-state index contributed by atoms with van der Waals surface area (Å²) < 4.78 is 0. The fraction of sp³-hybridized carbons (Fsp3) is 0.591. The van der Waals surface area contributed by atoms with Gasteiger partial charge in [0.15, 0.2) is 0 Å². The Labute approximate surface area is 153 Å². The predicted molar refractivity (Wildman–Crippen MR) is 106 cm³/mol. The van der Waals surface area contributed by atoms with E-state index in [4.69, 9.17) is 11.6 Å². The van der Waals surface area contributed by atoms with Crippen LogP contribution in [0.15, 0.2) is 36.4 Å². The zero-order chi connectivity index (χ0) is 18.1. The highest BCUT2D eigenvalue weighted by molar-refractivity contribution is 6.30. The monoisotopic (exact) mass is 348 g/mol. The molecule has 0 N–H and O–H groups in total. The van der Waals surface area contributed by atoms with Gasteiger partial charge in [0.1, 0.15) is 6.29 Å². The number of allylic oxidation sites excluding steroid dienone is 2. The number of rotatable bonds is 11. The Morgan fingerprint density at radius 1 is 1.00 bits per heavy atom. The summed E-state index contributed by atoms with van der Waals surface area (Å²) in [6.45, 7) is 8.89. The van der Waals surface area contributed by atoms with Crippen LogP contribution in [0.2, 0.25) is 5.02 Å². The molecule has 2 heteroatoms. The Morgan fingerprint density at radius 3 is 2.17 bits per heavy atom. The van der Waals surface area contributed by atoms with E-state index in [1.54, 1.807) is 0 Å². The zero-order valence-electron chi connectivity index (χ0n) is 15.8. The first-order valence-corrected chi connectivity index (χ1v) is 9.73. The second-order valence-electron chi connectivity index (χ2n) is 7.23. The molecule has 24 heavy (non-hydrogen) atoms. The maximum atomic E-state index is 11.2. The van der Waals surface area contributed by atoms with Crippen LogP contribution in [-0.4, -0.2) is 6.29 Å². The molecule has 0 unspecified atom stereocenters. The van der Waals surface area contributed by atoms with Crippen molar-refractivity contribution in [2.45, 2.75) is 78.1 Å². The van der Waals surface area contributed by atoms with E-state index in [-0.39, 0.29) is 10.8 Å². The highest BCUT2D eigenvalue weighted by Crippen LogP contribution is 2.38. The second kappa shape index (κ2) is 10.0. The van der Waals surface area contributed by atoms with E-state index in [1.165, 1.54) is 5.56 Å². The van der Waals surface area contributed by atoms with E-state index in [0.29, 0.717) is 6.42 Å². The van der Waals surface area contributed by atoms with Crippen LogP contribution in [0.3, 0.4) is 0 Å². The highest BCUT2D eigenvalue weighted by atomic mass is 35.5. The number of benzene rings is 1. The molecule has 2 atom stereocenters. The molecule has 0 spiro atoms. The Morgan fingerprint density at radius 2 is 1.67 bits per heavy atom. The largest absolute Gasteiger partial charge is 0.303 e. The minimum absolute atomic E-state index is 0.0235. The van der Waals surface area contributed by atoms with Crippen LogP contribution in [0, 0.1) is 5.41 Å². The van der Waals surface area contributed by atoms with Gasteiger partial charge in [0.25, 0.3) is 0 Å². The van der Waals surface area contributed by atoms with Crippen LogP contribution < -0.4 is 0 Å². The molecular formula is C22H33ClO. The lowest BCUT2D eigenvalue weighted by molar-refractivity contribution is -0.109. The summed E-state index contributed by atoms with van der Waals surface area (Å²) in [4.78, 5) is 11.2. The van der Waals surface area contributed by atoms with Crippen molar-refractivity contribution in [3.8, 4) is 0 Å². The standard InChI is InChI=1S/C22H33ClO/c1-5-8-14-21(4,17-18-24)15-16-22(7-3,13-6-2)19-9-11-20(23)12-10-19/h9-12,15-16,18H,5-8,13-14,17H2,1-4H3/b16-15+/t21-,22-/m0/s1. The van der Waals surface area contributed by atoms with Crippen molar-refractivity contribution in [3.05, 3.63) is 47.0 Å². The van der Waals surface area contributed by atoms with Crippen LogP contribution in [-0.2, 0) is 10.2 Å². The van der Waals surface area contributed by atoms with Gasteiger partial charge in [-0.05, 0) is 42.4 Å². The van der Waals surface area contributed by atoms with Gasteiger partial charge in [-0.15, -0.1) is 0 Å². The lowest BCUT2D eigenvalue weighted by Gasteiger charge is -2.33. The lowest BCUT2D eigenvalue weighted by Crippen LogP contribution is -2.24. The molecule has 0 saturated heterocycles. The van der Waals surface area contributed by atoms with Crippen molar-refractivity contribution < 1.29 is 4.79 Å². The summed E-state index contributed by atoms with van der Waals surface area (Å²) in [5, 5.41) is 0.776. The third kappa shape index (κ3) is 5.77. The van der Waals surface area contributed by atoms with Gasteiger partial charge in [-0.25, -0.2) is 0 Å². The fourth-order valence-electron chi connectivity index (χ4n) is 3.44. The summed E-state index contributed by atoms with van der Waals surface area (Å²) in [7, 11) is 0. The maximum absolute atomic E-state index is 11.2. The van der Waals surface area contributed by atoms with E-state index >= 15 is 0 Å². The van der Waals surface area contributed by atoms with E-state index in [0.717, 1.165) is 49.8 Å². The van der Waals surface area contributed by atoms with Crippen molar-refractivity contribution in [2.75, 3.05) is 0 Å². The first kappa shape index (κ1) is 21.0. The maximum Gasteiger partial charge on any atom is 0.120 e. The number of carbonyl (C=O) groups is 1. The first-order chi connectivity index (χ1) is 11.4. The summed E-state index contributed by atoms with van der Waals surface area (Å²) >= 11 is 6.07. The summed E-state index contributed by atoms with van der Waals surface area (Å²) in [5.41, 5.74) is 1.30. The molecule has 1 rings (SSSR count). The van der Waals surface area contributed by atoms with Gasteiger partial charge in [-0.3, -0.25) is 0 Å². The molecule has 134 valence electrons. The van der Waals surface area contributed by atoms with Crippen LogP contribution in [0.4, 0.5) is 0 Å². The van der Waals surface area contributed by atoms with Gasteiger partial charge in [0.2, 0.25) is 0 Å². The normalized spacial score (nSPS) is 16.7. The van der Waals surface area contributed by atoms with Crippen molar-refractivity contribution in [1.29, 1.82) is 0 Å². The minimum atomic E-state index is -0.0433. The average molecular weight is 349 g/mol. The Bertz CT molecular complexity index is 519. The smallest absolute Gasteiger partial charge is 0.120 e. The number of hydrogen-bond donors (Lipinski definition) is 0. The highest BCUT2D eigenvalue weighted by Gasteiger charge is 2.28. The van der Waals surface area contributed by atoms with E-state index in [9.17, 15) is 4.79 Å². The molecule has 0 amide bonds. The van der Waals surface area contributed by atoms with Crippen LogP contribution in [0.1, 0.15) is 78.2 Å². The molecule has 0 aliphatic rings. The summed E-state index contributed by atoms with van der Waals surface area (Å²) in [6.07, 6.45) is 13.0. The molecule has 0 aliphatic heterocycles. The number of aldehydes is 1. The molecule has 1 aromatic carbocycles. The minimum Gasteiger partial charge on any atom is -0.303 e. The molecule has 0 fully saturated rings. The van der Waals surface area contributed by atoms with E-state index in [2.05, 4.69) is 52.0 Å². The van der Waals surface area contributed by atoms with E-state index in [1.807, 2.05) is 12.1 Å². The van der Waals surface area contributed by atoms with Gasteiger partial charge in [-0.1, -0.05) is 82.8 Å². The van der Waals surface area contributed by atoms with Gasteiger partial charge < -0.3 is 4.79 Å². The Balaban J connectivity index is 3.19. The molecular weight excluding hydrogens is 316 g/mol.